The van der Waals surface area contributed by atoms with E-state index < -0.39 is 0 Å². The van der Waals surface area contributed by atoms with Gasteiger partial charge in [0, 0.05) is 24.4 Å². The van der Waals surface area contributed by atoms with Crippen molar-refractivity contribution in [2.45, 2.75) is 13.5 Å². The van der Waals surface area contributed by atoms with Crippen molar-refractivity contribution in [2.24, 2.45) is 0 Å². The molecule has 0 N–H and O–H groups in total. The lowest BCUT2D eigenvalue weighted by atomic mass is 10.2. The Hall–Kier alpha value is -3.22. The van der Waals surface area contributed by atoms with Crippen LogP contribution in [0.3, 0.4) is 0 Å². The van der Waals surface area contributed by atoms with Gasteiger partial charge in [-0.05, 0) is 18.2 Å². The van der Waals surface area contributed by atoms with E-state index in [-0.39, 0.29) is 12.5 Å². The van der Waals surface area contributed by atoms with Crippen LogP contribution in [0.2, 0.25) is 0 Å². The third-order valence-electron chi connectivity index (χ3n) is 3.44. The minimum atomic E-state index is -0.214. The summed E-state index contributed by atoms with van der Waals surface area (Å²) in [6.45, 7) is 5.74. The van der Waals surface area contributed by atoms with Gasteiger partial charge in [0.2, 0.25) is 11.7 Å². The molecular weight excluding hydrogens is 318 g/mol. The number of carbonyl (C=O) groups excluding carboxylic acids is 1. The number of allylic oxidation sites excluding steroid dienone is 3. The van der Waals surface area contributed by atoms with E-state index >= 15 is 0 Å². The molecule has 7 heteroatoms. The normalized spacial score (nSPS) is 11.6. The Bertz CT molecular complexity index is 793. The summed E-state index contributed by atoms with van der Waals surface area (Å²) in [6, 6.07) is 9.46. The molecule has 0 aliphatic carbocycles. The fraction of sp³-hybridized carbons (Fsp3) is 0.222. The lowest BCUT2D eigenvalue weighted by Gasteiger charge is -2.17. The van der Waals surface area contributed by atoms with Gasteiger partial charge < -0.3 is 9.64 Å². The number of carbonyl (C=O) groups is 1. The number of likely N-dealkylation sites (N-methyl/N-ethyl adjacent to an activating group) is 1. The van der Waals surface area contributed by atoms with Gasteiger partial charge in [0.15, 0.2) is 0 Å². The third-order valence-corrected chi connectivity index (χ3v) is 3.44. The lowest BCUT2D eigenvalue weighted by Crippen LogP contribution is -2.29. The van der Waals surface area contributed by atoms with Gasteiger partial charge in [-0.25, -0.2) is 0 Å². The maximum absolute atomic E-state index is 12.4. The number of aromatic nitrogens is 4. The van der Waals surface area contributed by atoms with Crippen molar-refractivity contribution >= 4 is 5.91 Å². The summed E-state index contributed by atoms with van der Waals surface area (Å²) in [7, 11) is 3.20. The van der Waals surface area contributed by atoms with E-state index in [1.54, 1.807) is 26.3 Å². The molecule has 1 heterocycles. The Morgan fingerprint density at radius 2 is 2.08 bits per heavy atom. The molecule has 0 saturated carbocycles. The Morgan fingerprint density at radius 3 is 2.72 bits per heavy atom. The molecule has 1 aromatic heterocycles. The molecule has 0 unspecified atom stereocenters. The molecule has 1 amide bonds. The maximum Gasteiger partial charge on any atom is 0.250 e. The second-order valence-corrected chi connectivity index (χ2v) is 5.20. The topological polar surface area (TPSA) is 73.1 Å². The molecule has 1 aromatic carbocycles. The van der Waals surface area contributed by atoms with Gasteiger partial charge in [0.25, 0.3) is 0 Å². The Morgan fingerprint density at radius 1 is 1.36 bits per heavy atom. The molecule has 130 valence electrons. The summed E-state index contributed by atoms with van der Waals surface area (Å²) in [5, 5.41) is 12.1. The number of rotatable bonds is 7. The molecule has 7 nitrogen and oxygen atoms in total. The highest BCUT2D eigenvalue weighted by Crippen LogP contribution is 2.12. The fourth-order valence-electron chi connectivity index (χ4n) is 2.00. The summed E-state index contributed by atoms with van der Waals surface area (Å²) in [6.07, 6.45) is 5.31. The van der Waals surface area contributed by atoms with Gasteiger partial charge in [-0.1, -0.05) is 43.0 Å². The van der Waals surface area contributed by atoms with Crippen LogP contribution >= 0.6 is 0 Å². The second-order valence-electron chi connectivity index (χ2n) is 5.20. The van der Waals surface area contributed by atoms with Gasteiger partial charge in [-0.2, -0.15) is 4.80 Å². The number of hydrogen-bond acceptors (Lipinski definition) is 5. The molecule has 0 bridgehead atoms. The smallest absolute Gasteiger partial charge is 0.250 e. The summed E-state index contributed by atoms with van der Waals surface area (Å²) in [4.78, 5) is 15.1. The molecule has 0 radical (unpaired) electrons. The minimum Gasteiger partial charge on any atom is -0.497 e. The third kappa shape index (κ3) is 4.87. The first kappa shape index (κ1) is 18.1. The first-order chi connectivity index (χ1) is 12.0. The van der Waals surface area contributed by atoms with Crippen LogP contribution in [0.4, 0.5) is 0 Å². The van der Waals surface area contributed by atoms with Gasteiger partial charge in [-0.3, -0.25) is 4.79 Å². The second kappa shape index (κ2) is 8.58. The monoisotopic (exact) mass is 339 g/mol. The predicted octanol–water partition coefficient (Wildman–Crippen LogP) is 2.42. The van der Waals surface area contributed by atoms with Crippen LogP contribution < -0.4 is 0 Å². The van der Waals surface area contributed by atoms with Crippen molar-refractivity contribution in [1.29, 1.82) is 0 Å². The average Bonchev–Trinajstić information content (AvgIpc) is 3.09. The quantitative estimate of drug-likeness (QED) is 0.572. The lowest BCUT2D eigenvalue weighted by molar-refractivity contribution is -0.129. The molecular formula is C18H21N5O2. The molecule has 2 aromatic rings. The van der Waals surface area contributed by atoms with E-state index in [4.69, 9.17) is 4.74 Å². The summed E-state index contributed by atoms with van der Waals surface area (Å²) in [5.41, 5.74) is 1.35. The standard InChI is InChI=1S/C18H21N5O2/c1-5-9-16(25-4)12-14(2)22(3)17(24)13-23-20-18(19-21-23)15-10-7-6-8-11-15/h5-12H,2,13H2,1,3-4H3/b9-5-,16-12+. The largest absolute Gasteiger partial charge is 0.497 e. The van der Waals surface area contributed by atoms with Crippen LogP contribution in [0.5, 0.6) is 0 Å². The van der Waals surface area contributed by atoms with Gasteiger partial charge >= 0.3 is 0 Å². The molecule has 0 spiro atoms. The van der Waals surface area contributed by atoms with Gasteiger partial charge in [-0.15, -0.1) is 10.2 Å². The van der Waals surface area contributed by atoms with Crippen molar-refractivity contribution in [3.8, 4) is 11.4 Å². The number of benzene rings is 1. The Labute approximate surface area is 146 Å². The molecule has 25 heavy (non-hydrogen) atoms. The van der Waals surface area contributed by atoms with Crippen molar-refractivity contribution in [2.75, 3.05) is 14.2 Å². The number of methoxy groups -OCH3 is 1. The van der Waals surface area contributed by atoms with Crippen LogP contribution in [0.1, 0.15) is 6.92 Å². The van der Waals surface area contributed by atoms with Crippen molar-refractivity contribution in [1.82, 2.24) is 25.1 Å². The number of hydrogen-bond donors (Lipinski definition) is 0. The molecule has 0 aliphatic heterocycles. The van der Waals surface area contributed by atoms with Crippen LogP contribution in [0, 0.1) is 0 Å². The van der Waals surface area contributed by atoms with E-state index in [0.29, 0.717) is 17.3 Å². The predicted molar refractivity (Wildman–Crippen MR) is 95.1 cm³/mol. The first-order valence-corrected chi connectivity index (χ1v) is 7.72. The Balaban J connectivity index is 2.04. The van der Waals surface area contributed by atoms with Gasteiger partial charge in [0.05, 0.1) is 7.11 Å². The van der Waals surface area contributed by atoms with Gasteiger partial charge in [0.1, 0.15) is 12.3 Å². The number of ether oxygens (including phenoxy) is 1. The van der Waals surface area contributed by atoms with E-state index in [1.807, 2.05) is 43.3 Å². The Kier molecular flexibility index (Phi) is 6.22. The van der Waals surface area contributed by atoms with E-state index in [9.17, 15) is 4.79 Å². The summed E-state index contributed by atoms with van der Waals surface area (Å²) in [5.74, 6) is 0.871. The van der Waals surface area contributed by atoms with Crippen molar-refractivity contribution < 1.29 is 9.53 Å². The van der Waals surface area contributed by atoms with Crippen LogP contribution in [-0.4, -0.2) is 45.2 Å². The first-order valence-electron chi connectivity index (χ1n) is 7.72. The fourth-order valence-corrected chi connectivity index (χ4v) is 2.00. The van der Waals surface area contributed by atoms with E-state index in [2.05, 4.69) is 22.0 Å². The molecule has 0 fully saturated rings. The zero-order valence-corrected chi connectivity index (χ0v) is 14.6. The summed E-state index contributed by atoms with van der Waals surface area (Å²) < 4.78 is 5.20. The van der Waals surface area contributed by atoms with Crippen LogP contribution in [-0.2, 0) is 16.1 Å². The molecule has 0 saturated heterocycles. The van der Waals surface area contributed by atoms with Crippen LogP contribution in [0.15, 0.2) is 66.6 Å². The molecule has 2 rings (SSSR count). The zero-order chi connectivity index (χ0) is 18.2. The van der Waals surface area contributed by atoms with E-state index in [1.165, 1.54) is 9.70 Å². The maximum atomic E-state index is 12.4. The number of tetrazole rings is 1. The van der Waals surface area contributed by atoms with E-state index in [0.717, 1.165) is 5.56 Å². The highest BCUT2D eigenvalue weighted by atomic mass is 16.5. The highest BCUT2D eigenvalue weighted by Gasteiger charge is 2.14. The highest BCUT2D eigenvalue weighted by molar-refractivity contribution is 5.77. The van der Waals surface area contributed by atoms with Crippen LogP contribution in [0.25, 0.3) is 11.4 Å². The molecule has 0 aliphatic rings. The number of nitrogens with zero attached hydrogens (tertiary/aromatic N) is 5. The average molecular weight is 339 g/mol. The van der Waals surface area contributed by atoms with Crippen molar-refractivity contribution in [3.05, 3.63) is 66.6 Å². The zero-order valence-electron chi connectivity index (χ0n) is 14.6. The number of amides is 1. The molecule has 0 atom stereocenters. The minimum absolute atomic E-state index is 0.0326. The van der Waals surface area contributed by atoms with Crippen molar-refractivity contribution in [3.63, 3.8) is 0 Å². The SMILES string of the molecule is C=C(/C=C(\C=C/C)OC)N(C)C(=O)Cn1nnc(-c2ccccc2)n1. The summed E-state index contributed by atoms with van der Waals surface area (Å²) >= 11 is 0.